The van der Waals surface area contributed by atoms with E-state index in [9.17, 15) is 18.7 Å². The zero-order chi connectivity index (χ0) is 21.5. The summed E-state index contributed by atoms with van der Waals surface area (Å²) in [4.78, 5) is 20.8. The lowest BCUT2D eigenvalue weighted by molar-refractivity contribution is -0.0346. The molecule has 1 aromatic carbocycles. The van der Waals surface area contributed by atoms with E-state index >= 15 is 0 Å². The second-order valence-electron chi connectivity index (χ2n) is 6.79. The van der Waals surface area contributed by atoms with Gasteiger partial charge in [-0.1, -0.05) is 6.07 Å². The van der Waals surface area contributed by atoms with Gasteiger partial charge in [-0.3, -0.25) is 4.57 Å². The Morgan fingerprint density at radius 2 is 2.13 bits per heavy atom. The molecule has 11 heteroatoms. The number of hydrogen-bond acceptors (Lipinski definition) is 6. The fraction of sp³-hybridized carbons (Fsp3) is 0.211. The first-order valence-electron chi connectivity index (χ1n) is 8.84. The van der Waals surface area contributed by atoms with Crippen LogP contribution in [0.3, 0.4) is 0 Å². The number of fused-ring (bicyclic) bond motifs is 1. The maximum Gasteiger partial charge on any atom is 0.334 e. The summed E-state index contributed by atoms with van der Waals surface area (Å²) in [6, 6.07) is 5.15. The lowest BCUT2D eigenvalue weighted by atomic mass is 9.86. The van der Waals surface area contributed by atoms with Crippen LogP contribution in [0.4, 0.5) is 8.78 Å². The number of aromatic nitrogens is 6. The Labute approximate surface area is 168 Å². The number of aliphatic hydroxyl groups is 1. The van der Waals surface area contributed by atoms with Crippen LogP contribution in [-0.4, -0.2) is 33.8 Å². The van der Waals surface area contributed by atoms with Crippen LogP contribution in [0.5, 0.6) is 0 Å². The number of rotatable bonds is 5. The van der Waals surface area contributed by atoms with Gasteiger partial charge < -0.3 is 5.11 Å². The van der Waals surface area contributed by atoms with E-state index in [0.29, 0.717) is 6.07 Å². The highest BCUT2D eigenvalue weighted by Crippen LogP contribution is 2.36. The zero-order valence-electron chi connectivity index (χ0n) is 15.6. The minimum atomic E-state index is -2.00. The maximum absolute atomic E-state index is 14.7. The van der Waals surface area contributed by atoms with Crippen molar-refractivity contribution >= 4 is 5.65 Å². The van der Waals surface area contributed by atoms with Crippen LogP contribution in [0.1, 0.15) is 24.2 Å². The predicted molar refractivity (Wildman–Crippen MR) is 99.2 cm³/mol. The van der Waals surface area contributed by atoms with Crippen LogP contribution in [0.2, 0.25) is 0 Å². The topological polar surface area (TPSA) is 114 Å². The molecule has 152 valence electrons. The van der Waals surface area contributed by atoms with Gasteiger partial charge in [-0.25, -0.2) is 32.6 Å². The minimum absolute atomic E-state index is 0.0555. The molecule has 4 rings (SSSR count). The van der Waals surface area contributed by atoms with Crippen molar-refractivity contribution < 1.29 is 13.9 Å². The highest BCUT2D eigenvalue weighted by Gasteiger charge is 2.41. The van der Waals surface area contributed by atoms with Gasteiger partial charge >= 0.3 is 5.69 Å². The van der Waals surface area contributed by atoms with Crippen LogP contribution >= 0.6 is 0 Å². The third-order valence-corrected chi connectivity index (χ3v) is 5.03. The van der Waals surface area contributed by atoms with Crippen molar-refractivity contribution in [3.63, 3.8) is 0 Å². The zero-order valence-corrected chi connectivity index (χ0v) is 15.6. The van der Waals surface area contributed by atoms with E-state index in [0.717, 1.165) is 16.5 Å². The molecule has 0 fully saturated rings. The molecule has 0 aliphatic rings. The second-order valence-corrected chi connectivity index (χ2v) is 6.79. The van der Waals surface area contributed by atoms with Gasteiger partial charge in [-0.05, 0) is 19.1 Å². The Hall–Kier alpha value is -3.91. The second kappa shape index (κ2) is 7.16. The first-order valence-corrected chi connectivity index (χ1v) is 8.84. The van der Waals surface area contributed by atoms with Crippen molar-refractivity contribution in [2.75, 3.05) is 0 Å². The molecule has 0 saturated heterocycles. The molecule has 3 heterocycles. The summed E-state index contributed by atoms with van der Waals surface area (Å²) >= 11 is 0. The van der Waals surface area contributed by atoms with Crippen molar-refractivity contribution in [1.82, 2.24) is 28.7 Å². The number of nitrogens with zero attached hydrogens (tertiary/aromatic N) is 7. The van der Waals surface area contributed by atoms with Crippen LogP contribution in [0.15, 0.2) is 54.1 Å². The Kier molecular flexibility index (Phi) is 4.63. The van der Waals surface area contributed by atoms with Crippen molar-refractivity contribution in [1.29, 1.82) is 5.26 Å². The Balaban J connectivity index is 1.88. The molecule has 1 N–H and O–H groups in total. The average Bonchev–Trinajstić information content (AvgIpc) is 3.37. The molecule has 2 atom stereocenters. The minimum Gasteiger partial charge on any atom is -0.381 e. The molecule has 1 unspecified atom stereocenters. The molecule has 0 saturated carbocycles. The molecular formula is C19H15F2N7O2. The van der Waals surface area contributed by atoms with E-state index in [1.165, 1.54) is 47.3 Å². The van der Waals surface area contributed by atoms with E-state index in [4.69, 9.17) is 5.26 Å². The van der Waals surface area contributed by atoms with Crippen LogP contribution in [0, 0.1) is 23.0 Å². The summed E-state index contributed by atoms with van der Waals surface area (Å²) in [5, 5.41) is 24.6. The highest BCUT2D eigenvalue weighted by atomic mass is 19.1. The molecule has 4 aromatic rings. The number of nitriles is 1. The van der Waals surface area contributed by atoms with Gasteiger partial charge in [0.1, 0.15) is 41.6 Å². The normalized spacial score (nSPS) is 14.4. The lowest BCUT2D eigenvalue weighted by Gasteiger charge is -2.35. The largest absolute Gasteiger partial charge is 0.381 e. The summed E-state index contributed by atoms with van der Waals surface area (Å²) in [6.07, 6.45) is 5.25. The van der Waals surface area contributed by atoms with E-state index < -0.39 is 29.0 Å². The number of imidazole rings is 1. The molecule has 30 heavy (non-hydrogen) atoms. The molecule has 0 spiro atoms. The smallest absolute Gasteiger partial charge is 0.334 e. The Morgan fingerprint density at radius 3 is 2.80 bits per heavy atom. The first kappa shape index (κ1) is 19.4. The number of hydrogen-bond donors (Lipinski definition) is 1. The van der Waals surface area contributed by atoms with E-state index in [2.05, 4.69) is 15.1 Å². The van der Waals surface area contributed by atoms with Gasteiger partial charge in [-0.2, -0.15) is 10.4 Å². The van der Waals surface area contributed by atoms with E-state index in [-0.39, 0.29) is 23.4 Å². The Morgan fingerprint density at radius 1 is 1.33 bits per heavy atom. The van der Waals surface area contributed by atoms with Crippen LogP contribution in [0.25, 0.3) is 5.65 Å². The lowest BCUT2D eigenvalue weighted by Crippen LogP contribution is -2.44. The van der Waals surface area contributed by atoms with Crippen LogP contribution < -0.4 is 5.69 Å². The molecule has 0 aliphatic carbocycles. The molecule has 9 nitrogen and oxygen atoms in total. The average molecular weight is 411 g/mol. The molecule has 0 radical (unpaired) electrons. The molecule has 0 aliphatic heterocycles. The first-order chi connectivity index (χ1) is 14.3. The third-order valence-electron chi connectivity index (χ3n) is 5.03. The van der Waals surface area contributed by atoms with Crippen molar-refractivity contribution in [2.45, 2.75) is 25.1 Å². The summed E-state index contributed by atoms with van der Waals surface area (Å²) in [5.74, 6) is -1.76. The van der Waals surface area contributed by atoms with E-state index in [1.54, 1.807) is 0 Å². The monoisotopic (exact) mass is 411 g/mol. The molecule has 0 amide bonds. The molecular weight excluding hydrogens is 396 g/mol. The van der Waals surface area contributed by atoms with Gasteiger partial charge in [0.15, 0.2) is 5.69 Å². The summed E-state index contributed by atoms with van der Waals surface area (Å²) < 4.78 is 31.8. The number of benzene rings is 1. The van der Waals surface area contributed by atoms with Gasteiger partial charge in [0, 0.05) is 17.8 Å². The van der Waals surface area contributed by atoms with E-state index in [1.807, 2.05) is 6.07 Å². The standard InChI is InChI=1S/C19H15F2N7O2/c1-12(27-5-4-17-25-14(7-22)8-28(17)18(27)29)19(30,9-26-11-23-10-24-26)15-3-2-13(20)6-16(15)21/h2-6,8,10-12,30H,9H2,1H3/t12-,19?/m1/s1. The molecule has 3 aromatic heterocycles. The van der Waals surface area contributed by atoms with Gasteiger partial charge in [-0.15, -0.1) is 0 Å². The van der Waals surface area contributed by atoms with Crippen molar-refractivity contribution in [3.05, 3.63) is 82.7 Å². The number of halogens is 2. The summed E-state index contributed by atoms with van der Waals surface area (Å²) in [6.45, 7) is 1.27. The predicted octanol–water partition coefficient (Wildman–Crippen LogP) is 1.39. The fourth-order valence-electron chi connectivity index (χ4n) is 3.42. The van der Waals surface area contributed by atoms with Gasteiger partial charge in [0.05, 0.1) is 18.8 Å². The third kappa shape index (κ3) is 3.13. The maximum atomic E-state index is 14.7. The van der Waals surface area contributed by atoms with Crippen LogP contribution in [-0.2, 0) is 12.1 Å². The summed E-state index contributed by atoms with van der Waals surface area (Å²) in [7, 11) is 0. The summed E-state index contributed by atoms with van der Waals surface area (Å²) in [5.41, 5.74) is -2.48. The molecule has 0 bridgehead atoms. The SMILES string of the molecule is C[C@@H](n1ccc2nc(C#N)cn2c1=O)C(O)(Cn1cncn1)c1ccc(F)cc1F. The fourth-order valence-corrected chi connectivity index (χ4v) is 3.42. The Bertz CT molecular complexity index is 1320. The van der Waals surface area contributed by atoms with Gasteiger partial charge in [0.2, 0.25) is 0 Å². The van der Waals surface area contributed by atoms with Crippen molar-refractivity contribution in [2.24, 2.45) is 0 Å². The highest BCUT2D eigenvalue weighted by molar-refractivity contribution is 5.41. The van der Waals surface area contributed by atoms with Gasteiger partial charge in [0.25, 0.3) is 0 Å². The van der Waals surface area contributed by atoms with Crippen molar-refractivity contribution in [3.8, 4) is 6.07 Å². The quantitative estimate of drug-likeness (QED) is 0.531.